The molecule has 0 N–H and O–H groups in total. The van der Waals surface area contributed by atoms with Crippen LogP contribution in [-0.4, -0.2) is 34.2 Å². The highest BCUT2D eigenvalue weighted by molar-refractivity contribution is 8.26. The molecular formula is C21H19NO4S2. The van der Waals surface area contributed by atoms with Crippen LogP contribution in [0.1, 0.15) is 18.1 Å². The molecule has 0 bridgehead atoms. The Labute approximate surface area is 173 Å². The van der Waals surface area contributed by atoms with Crippen molar-refractivity contribution in [3.8, 4) is 5.75 Å². The van der Waals surface area contributed by atoms with Crippen LogP contribution in [0.3, 0.4) is 0 Å². The highest BCUT2D eigenvalue weighted by Crippen LogP contribution is 2.35. The highest BCUT2D eigenvalue weighted by Gasteiger charge is 2.38. The van der Waals surface area contributed by atoms with Crippen LogP contribution in [0.15, 0.2) is 59.5 Å². The van der Waals surface area contributed by atoms with Gasteiger partial charge in [-0.2, -0.15) is 0 Å². The first-order valence-electron chi connectivity index (χ1n) is 8.62. The van der Waals surface area contributed by atoms with Crippen LogP contribution in [0.5, 0.6) is 5.75 Å². The normalized spacial score (nSPS) is 16.4. The molecule has 7 heteroatoms. The van der Waals surface area contributed by atoms with Gasteiger partial charge in [0, 0.05) is 5.56 Å². The van der Waals surface area contributed by atoms with Crippen molar-refractivity contribution in [1.29, 1.82) is 0 Å². The third-order valence-electron chi connectivity index (χ3n) is 4.20. The number of nitrogens with zero attached hydrogens (tertiary/aromatic N) is 1. The molecule has 0 saturated carbocycles. The van der Waals surface area contributed by atoms with Gasteiger partial charge in [-0.25, -0.2) is 4.79 Å². The molecule has 1 heterocycles. The lowest BCUT2D eigenvalue weighted by atomic mass is 10.1. The minimum Gasteiger partial charge on any atom is -0.488 e. The Morgan fingerprint density at radius 2 is 1.86 bits per heavy atom. The van der Waals surface area contributed by atoms with E-state index in [-0.39, 0.29) is 5.91 Å². The molecule has 1 unspecified atom stereocenters. The number of carbonyl (C=O) groups excluding carboxylic acids is 2. The molecule has 1 atom stereocenters. The second kappa shape index (κ2) is 9.03. The first-order chi connectivity index (χ1) is 13.5. The smallest absolute Gasteiger partial charge is 0.328 e. The number of amides is 1. The summed E-state index contributed by atoms with van der Waals surface area (Å²) >= 11 is 6.45. The molecule has 0 spiro atoms. The second-order valence-corrected chi connectivity index (χ2v) is 7.74. The van der Waals surface area contributed by atoms with Crippen molar-refractivity contribution in [3.05, 3.63) is 70.6 Å². The van der Waals surface area contributed by atoms with E-state index in [2.05, 4.69) is 0 Å². The predicted molar refractivity (Wildman–Crippen MR) is 114 cm³/mol. The Hall–Kier alpha value is -2.64. The average Bonchev–Trinajstić information content (AvgIpc) is 3.00. The summed E-state index contributed by atoms with van der Waals surface area (Å²) in [7, 11) is 1.28. The van der Waals surface area contributed by atoms with Crippen molar-refractivity contribution in [2.24, 2.45) is 0 Å². The van der Waals surface area contributed by atoms with E-state index in [1.54, 1.807) is 13.0 Å². The predicted octanol–water partition coefficient (Wildman–Crippen LogP) is 4.03. The number of carbonyl (C=O) groups is 2. The third-order valence-corrected chi connectivity index (χ3v) is 5.53. The fourth-order valence-corrected chi connectivity index (χ4v) is 4.11. The van der Waals surface area contributed by atoms with Gasteiger partial charge in [0.2, 0.25) is 0 Å². The molecule has 5 nitrogen and oxygen atoms in total. The first kappa shape index (κ1) is 20.1. The standard InChI is InChI=1S/C21H19NO4S2/c1-14(20(24)25-2)22-19(23)18(28-21(22)27)12-16-10-6-7-11-17(16)26-13-15-8-4-3-5-9-15/h3-12,14H,13H2,1-2H3. The number of ether oxygens (including phenoxy) is 2. The van der Waals surface area contributed by atoms with E-state index in [4.69, 9.17) is 21.7 Å². The fourth-order valence-electron chi connectivity index (χ4n) is 2.70. The summed E-state index contributed by atoms with van der Waals surface area (Å²) in [5.74, 6) is -0.160. The van der Waals surface area contributed by atoms with Gasteiger partial charge in [0.1, 0.15) is 22.7 Å². The quantitative estimate of drug-likeness (QED) is 0.405. The molecule has 0 aromatic heterocycles. The van der Waals surface area contributed by atoms with E-state index >= 15 is 0 Å². The number of esters is 1. The zero-order valence-electron chi connectivity index (χ0n) is 15.5. The van der Waals surface area contributed by atoms with Gasteiger partial charge in [-0.05, 0) is 24.6 Å². The monoisotopic (exact) mass is 413 g/mol. The second-order valence-electron chi connectivity index (χ2n) is 6.06. The van der Waals surface area contributed by atoms with E-state index in [1.807, 2.05) is 54.6 Å². The van der Waals surface area contributed by atoms with E-state index in [9.17, 15) is 9.59 Å². The first-order valence-corrected chi connectivity index (χ1v) is 9.84. The Kier molecular flexibility index (Phi) is 6.49. The van der Waals surface area contributed by atoms with Gasteiger partial charge in [0.25, 0.3) is 5.91 Å². The summed E-state index contributed by atoms with van der Waals surface area (Å²) in [6, 6.07) is 16.5. The van der Waals surface area contributed by atoms with Crippen LogP contribution in [0.2, 0.25) is 0 Å². The Bertz CT molecular complexity index is 927. The zero-order chi connectivity index (χ0) is 20.1. The van der Waals surface area contributed by atoms with Crippen molar-refractivity contribution in [2.75, 3.05) is 7.11 Å². The molecule has 1 aliphatic rings. The SMILES string of the molecule is COC(=O)C(C)N1C(=O)C(=Cc2ccccc2OCc2ccccc2)SC1=S. The van der Waals surface area contributed by atoms with Crippen molar-refractivity contribution in [2.45, 2.75) is 19.6 Å². The number of hydrogen-bond donors (Lipinski definition) is 0. The summed E-state index contributed by atoms with van der Waals surface area (Å²) in [6.07, 6.45) is 1.74. The van der Waals surface area contributed by atoms with E-state index in [1.165, 1.54) is 12.0 Å². The molecule has 1 amide bonds. The molecule has 1 aliphatic heterocycles. The zero-order valence-corrected chi connectivity index (χ0v) is 17.1. The van der Waals surface area contributed by atoms with E-state index < -0.39 is 12.0 Å². The third kappa shape index (κ3) is 4.43. The minimum atomic E-state index is -0.770. The van der Waals surface area contributed by atoms with Crippen molar-refractivity contribution in [3.63, 3.8) is 0 Å². The minimum absolute atomic E-state index is 0.314. The molecule has 2 aromatic rings. The lowest BCUT2D eigenvalue weighted by Gasteiger charge is -2.20. The maximum atomic E-state index is 12.8. The molecule has 0 aliphatic carbocycles. The van der Waals surface area contributed by atoms with Crippen LogP contribution in [0, 0.1) is 0 Å². The van der Waals surface area contributed by atoms with Crippen LogP contribution in [0.25, 0.3) is 6.08 Å². The van der Waals surface area contributed by atoms with Crippen LogP contribution in [-0.2, 0) is 20.9 Å². The Balaban J connectivity index is 1.81. The van der Waals surface area contributed by atoms with Crippen molar-refractivity contribution < 1.29 is 19.1 Å². The van der Waals surface area contributed by atoms with Gasteiger partial charge in [0.05, 0.1) is 12.0 Å². The molecule has 0 radical (unpaired) electrons. The number of methoxy groups -OCH3 is 1. The Morgan fingerprint density at radius 1 is 1.18 bits per heavy atom. The van der Waals surface area contributed by atoms with Gasteiger partial charge in [-0.15, -0.1) is 0 Å². The molecule has 2 aromatic carbocycles. The summed E-state index contributed by atoms with van der Waals surface area (Å²) in [5.41, 5.74) is 1.82. The van der Waals surface area contributed by atoms with Crippen LogP contribution in [0.4, 0.5) is 0 Å². The van der Waals surface area contributed by atoms with E-state index in [0.717, 1.165) is 22.9 Å². The van der Waals surface area contributed by atoms with Gasteiger partial charge in [0.15, 0.2) is 0 Å². The summed E-state index contributed by atoms with van der Waals surface area (Å²) in [4.78, 5) is 26.3. The molecule has 28 heavy (non-hydrogen) atoms. The lowest BCUT2D eigenvalue weighted by molar-refractivity contribution is -0.147. The molecule has 1 saturated heterocycles. The maximum absolute atomic E-state index is 12.8. The average molecular weight is 414 g/mol. The molecule has 3 rings (SSSR count). The largest absolute Gasteiger partial charge is 0.488 e. The topological polar surface area (TPSA) is 55.8 Å². The summed E-state index contributed by atoms with van der Waals surface area (Å²) < 4.78 is 11.0. The van der Waals surface area contributed by atoms with Gasteiger partial charge in [-0.3, -0.25) is 9.69 Å². The van der Waals surface area contributed by atoms with Gasteiger partial charge < -0.3 is 9.47 Å². The van der Waals surface area contributed by atoms with E-state index in [0.29, 0.717) is 21.6 Å². The van der Waals surface area contributed by atoms with Crippen LogP contribution < -0.4 is 4.74 Å². The lowest BCUT2D eigenvalue weighted by Crippen LogP contribution is -2.42. The van der Waals surface area contributed by atoms with Crippen molar-refractivity contribution in [1.82, 2.24) is 4.90 Å². The van der Waals surface area contributed by atoms with Crippen molar-refractivity contribution >= 4 is 46.3 Å². The number of thioether (sulfide) groups is 1. The molecular weight excluding hydrogens is 394 g/mol. The number of rotatable bonds is 6. The maximum Gasteiger partial charge on any atom is 0.328 e. The molecule has 1 fully saturated rings. The summed E-state index contributed by atoms with van der Waals surface area (Å²) in [5, 5.41) is 0. The Morgan fingerprint density at radius 3 is 2.57 bits per heavy atom. The van der Waals surface area contributed by atoms with Gasteiger partial charge in [-0.1, -0.05) is 72.5 Å². The molecule has 144 valence electrons. The highest BCUT2D eigenvalue weighted by atomic mass is 32.2. The number of hydrogen-bond acceptors (Lipinski definition) is 6. The number of para-hydroxylation sites is 1. The summed E-state index contributed by atoms with van der Waals surface area (Å²) in [6.45, 7) is 2.02. The van der Waals surface area contributed by atoms with Crippen LogP contribution >= 0.6 is 24.0 Å². The fraction of sp³-hybridized carbons (Fsp3) is 0.190. The van der Waals surface area contributed by atoms with Gasteiger partial charge >= 0.3 is 5.97 Å². The number of benzene rings is 2. The number of thiocarbonyl (C=S) groups is 1.